The molecule has 5 heteroatoms. The van der Waals surface area contributed by atoms with E-state index in [2.05, 4.69) is 4.90 Å². The monoisotopic (exact) mass is 287 g/mol. The number of carboxylic acids is 1. The van der Waals surface area contributed by atoms with E-state index in [1.807, 2.05) is 18.2 Å². The van der Waals surface area contributed by atoms with Crippen LogP contribution in [0.5, 0.6) is 0 Å². The summed E-state index contributed by atoms with van der Waals surface area (Å²) in [4.78, 5) is 13.0. The molecule has 18 heavy (non-hydrogen) atoms. The van der Waals surface area contributed by atoms with Crippen molar-refractivity contribution in [3.05, 3.63) is 33.8 Å². The molecule has 1 fully saturated rings. The molecule has 1 saturated heterocycles. The van der Waals surface area contributed by atoms with E-state index in [1.165, 1.54) is 0 Å². The van der Waals surface area contributed by atoms with Crippen LogP contribution in [0.4, 0.5) is 0 Å². The molecule has 1 unspecified atom stereocenters. The molecule has 0 aromatic heterocycles. The summed E-state index contributed by atoms with van der Waals surface area (Å²) >= 11 is 12.3. The van der Waals surface area contributed by atoms with Crippen molar-refractivity contribution < 1.29 is 9.90 Å². The highest BCUT2D eigenvalue weighted by atomic mass is 35.5. The van der Waals surface area contributed by atoms with Crippen LogP contribution in [0.1, 0.15) is 24.8 Å². The molecule has 0 radical (unpaired) electrons. The number of carboxylic acid groups (broad SMARTS) is 1. The Hall–Kier alpha value is -0.770. The third-order valence-electron chi connectivity index (χ3n) is 3.33. The summed E-state index contributed by atoms with van der Waals surface area (Å²) < 4.78 is 0. The van der Waals surface area contributed by atoms with E-state index in [9.17, 15) is 4.79 Å². The maximum absolute atomic E-state index is 10.8. The first-order chi connectivity index (χ1) is 8.58. The molecule has 0 spiro atoms. The van der Waals surface area contributed by atoms with Gasteiger partial charge in [0.05, 0.1) is 6.42 Å². The quantitative estimate of drug-likeness (QED) is 0.922. The number of halogens is 2. The minimum Gasteiger partial charge on any atom is -0.481 e. The van der Waals surface area contributed by atoms with Gasteiger partial charge < -0.3 is 5.11 Å². The maximum atomic E-state index is 10.8. The standard InChI is InChI=1S/C13H15Cl2NO2/c14-11-4-1-5-12(15)10(11)8-16-6-2-3-9(16)7-13(17)18/h1,4-5,9H,2-3,6-8H2,(H,17,18). The van der Waals surface area contributed by atoms with Crippen LogP contribution >= 0.6 is 23.2 Å². The number of nitrogens with zero attached hydrogens (tertiary/aromatic N) is 1. The summed E-state index contributed by atoms with van der Waals surface area (Å²) in [5.41, 5.74) is 0.887. The number of rotatable bonds is 4. The molecule has 2 rings (SSSR count). The highest BCUT2D eigenvalue weighted by molar-refractivity contribution is 6.35. The number of benzene rings is 1. The van der Waals surface area contributed by atoms with Gasteiger partial charge in [0.1, 0.15) is 0 Å². The van der Waals surface area contributed by atoms with Gasteiger partial charge in [-0.15, -0.1) is 0 Å². The number of likely N-dealkylation sites (tertiary alicyclic amines) is 1. The van der Waals surface area contributed by atoms with Crippen molar-refractivity contribution in [2.75, 3.05) is 6.54 Å². The normalized spacial score (nSPS) is 20.2. The molecule has 1 N–H and O–H groups in total. The maximum Gasteiger partial charge on any atom is 0.304 e. The molecule has 1 aromatic carbocycles. The lowest BCUT2D eigenvalue weighted by Gasteiger charge is -2.24. The lowest BCUT2D eigenvalue weighted by atomic mass is 10.1. The van der Waals surface area contributed by atoms with Crippen molar-refractivity contribution in [2.45, 2.75) is 31.8 Å². The third kappa shape index (κ3) is 3.16. The first-order valence-corrected chi connectivity index (χ1v) is 6.72. The Bertz CT molecular complexity index is 430. The van der Waals surface area contributed by atoms with E-state index in [0.717, 1.165) is 24.9 Å². The minimum absolute atomic E-state index is 0.0924. The van der Waals surface area contributed by atoms with E-state index in [-0.39, 0.29) is 12.5 Å². The van der Waals surface area contributed by atoms with Crippen molar-refractivity contribution in [1.29, 1.82) is 0 Å². The van der Waals surface area contributed by atoms with Gasteiger partial charge in [-0.1, -0.05) is 29.3 Å². The number of hydrogen-bond acceptors (Lipinski definition) is 2. The van der Waals surface area contributed by atoms with Gasteiger partial charge in [0.2, 0.25) is 0 Å². The van der Waals surface area contributed by atoms with Crippen LogP contribution in [-0.4, -0.2) is 28.6 Å². The summed E-state index contributed by atoms with van der Waals surface area (Å²) in [6.45, 7) is 1.52. The lowest BCUT2D eigenvalue weighted by molar-refractivity contribution is -0.138. The Morgan fingerprint density at radius 3 is 2.67 bits per heavy atom. The Morgan fingerprint density at radius 1 is 1.39 bits per heavy atom. The molecule has 1 aliphatic heterocycles. The fraction of sp³-hybridized carbons (Fsp3) is 0.462. The predicted octanol–water partition coefficient (Wildman–Crippen LogP) is 3.43. The van der Waals surface area contributed by atoms with E-state index < -0.39 is 5.97 Å². The molecule has 0 bridgehead atoms. The summed E-state index contributed by atoms with van der Waals surface area (Å²) in [6, 6.07) is 5.53. The van der Waals surface area contributed by atoms with E-state index in [0.29, 0.717) is 16.6 Å². The van der Waals surface area contributed by atoms with Crippen LogP contribution < -0.4 is 0 Å². The van der Waals surface area contributed by atoms with E-state index >= 15 is 0 Å². The first kappa shape index (κ1) is 13.7. The van der Waals surface area contributed by atoms with Gasteiger partial charge in [-0.2, -0.15) is 0 Å². The van der Waals surface area contributed by atoms with Gasteiger partial charge >= 0.3 is 5.97 Å². The average molecular weight is 288 g/mol. The summed E-state index contributed by atoms with van der Waals surface area (Å²) in [7, 11) is 0. The molecule has 1 aliphatic rings. The largest absolute Gasteiger partial charge is 0.481 e. The molecule has 1 atom stereocenters. The smallest absolute Gasteiger partial charge is 0.304 e. The lowest BCUT2D eigenvalue weighted by Crippen LogP contribution is -2.31. The number of hydrogen-bond donors (Lipinski definition) is 1. The van der Waals surface area contributed by atoms with Gasteiger partial charge in [-0.3, -0.25) is 9.69 Å². The van der Waals surface area contributed by atoms with E-state index in [4.69, 9.17) is 28.3 Å². The van der Waals surface area contributed by atoms with Crippen LogP contribution in [0.3, 0.4) is 0 Å². The van der Waals surface area contributed by atoms with Crippen molar-refractivity contribution >= 4 is 29.2 Å². The van der Waals surface area contributed by atoms with Crippen LogP contribution in [-0.2, 0) is 11.3 Å². The molecule has 0 amide bonds. The second-order valence-corrected chi connectivity index (χ2v) is 5.38. The SMILES string of the molecule is O=C(O)CC1CCCN1Cc1c(Cl)cccc1Cl. The van der Waals surface area contributed by atoms with Crippen molar-refractivity contribution in [1.82, 2.24) is 4.90 Å². The van der Waals surface area contributed by atoms with Crippen molar-refractivity contribution in [3.63, 3.8) is 0 Å². The molecule has 0 aliphatic carbocycles. The Morgan fingerprint density at radius 2 is 2.06 bits per heavy atom. The fourth-order valence-corrected chi connectivity index (χ4v) is 2.94. The Balaban J connectivity index is 2.10. The zero-order valence-electron chi connectivity index (χ0n) is 9.90. The Labute approximate surface area is 116 Å². The predicted molar refractivity (Wildman–Crippen MR) is 72.1 cm³/mol. The molecule has 98 valence electrons. The number of aliphatic carboxylic acids is 1. The molecule has 0 saturated carbocycles. The minimum atomic E-state index is -0.753. The van der Waals surface area contributed by atoms with Crippen molar-refractivity contribution in [2.24, 2.45) is 0 Å². The average Bonchev–Trinajstić information content (AvgIpc) is 2.70. The summed E-state index contributed by atoms with van der Waals surface area (Å²) in [6.07, 6.45) is 2.14. The van der Waals surface area contributed by atoms with Crippen LogP contribution in [0, 0.1) is 0 Å². The second kappa shape index (κ2) is 5.91. The van der Waals surface area contributed by atoms with Crippen LogP contribution in [0.25, 0.3) is 0 Å². The molecular formula is C13H15Cl2NO2. The first-order valence-electron chi connectivity index (χ1n) is 5.96. The van der Waals surface area contributed by atoms with Gasteiger partial charge in [0.25, 0.3) is 0 Å². The molecule has 1 aromatic rings. The van der Waals surface area contributed by atoms with Gasteiger partial charge in [-0.25, -0.2) is 0 Å². The highest BCUT2D eigenvalue weighted by Gasteiger charge is 2.27. The zero-order valence-corrected chi connectivity index (χ0v) is 11.4. The summed E-state index contributed by atoms with van der Waals surface area (Å²) in [5.74, 6) is -0.753. The van der Waals surface area contributed by atoms with Crippen LogP contribution in [0.2, 0.25) is 10.0 Å². The zero-order chi connectivity index (χ0) is 13.1. The van der Waals surface area contributed by atoms with Gasteiger partial charge in [-0.05, 0) is 31.5 Å². The van der Waals surface area contributed by atoms with Crippen LogP contribution in [0.15, 0.2) is 18.2 Å². The van der Waals surface area contributed by atoms with Gasteiger partial charge in [0.15, 0.2) is 0 Å². The van der Waals surface area contributed by atoms with Gasteiger partial charge in [0, 0.05) is 28.2 Å². The fourth-order valence-electron chi connectivity index (χ4n) is 2.42. The molecule has 3 nitrogen and oxygen atoms in total. The molecular weight excluding hydrogens is 273 g/mol. The third-order valence-corrected chi connectivity index (χ3v) is 4.04. The van der Waals surface area contributed by atoms with Crippen molar-refractivity contribution in [3.8, 4) is 0 Å². The molecule has 1 heterocycles. The summed E-state index contributed by atoms with van der Waals surface area (Å²) in [5, 5.41) is 10.2. The highest BCUT2D eigenvalue weighted by Crippen LogP contribution is 2.29. The second-order valence-electron chi connectivity index (χ2n) is 4.56. The topological polar surface area (TPSA) is 40.5 Å². The van der Waals surface area contributed by atoms with E-state index in [1.54, 1.807) is 0 Å². The number of carbonyl (C=O) groups is 1. The Kier molecular flexibility index (Phi) is 4.49.